The Kier molecular flexibility index (Phi) is 3.96. The SMILES string of the molecule is CCCn1nncc1C(NN)c1ncccc1F. The second-order valence-electron chi connectivity index (χ2n) is 3.85. The van der Waals surface area contributed by atoms with Crippen molar-refractivity contribution < 1.29 is 4.39 Å². The van der Waals surface area contributed by atoms with Gasteiger partial charge in [0.2, 0.25) is 0 Å². The summed E-state index contributed by atoms with van der Waals surface area (Å²) in [5.74, 6) is 5.09. The topological polar surface area (TPSA) is 81.7 Å². The molecule has 0 aromatic carbocycles. The van der Waals surface area contributed by atoms with Crippen molar-refractivity contribution in [2.45, 2.75) is 25.9 Å². The Labute approximate surface area is 104 Å². The van der Waals surface area contributed by atoms with Crippen LogP contribution in [0.1, 0.15) is 30.8 Å². The number of pyridine rings is 1. The van der Waals surface area contributed by atoms with Gasteiger partial charge in [-0.05, 0) is 18.6 Å². The van der Waals surface area contributed by atoms with Gasteiger partial charge in [-0.1, -0.05) is 12.1 Å². The Morgan fingerprint density at radius 2 is 2.39 bits per heavy atom. The second-order valence-corrected chi connectivity index (χ2v) is 3.85. The Balaban J connectivity index is 2.39. The Morgan fingerprint density at radius 3 is 3.06 bits per heavy atom. The zero-order valence-corrected chi connectivity index (χ0v) is 10.0. The third-order valence-corrected chi connectivity index (χ3v) is 2.61. The maximum Gasteiger partial charge on any atom is 0.146 e. The molecule has 3 N–H and O–H groups in total. The van der Waals surface area contributed by atoms with Crippen LogP contribution in [0.5, 0.6) is 0 Å². The standard InChI is InChI=1S/C11H15FN6/c1-2-6-18-9(7-15-17-18)11(16-13)10-8(12)4-3-5-14-10/h3-5,7,11,16H,2,6,13H2,1H3. The number of nitrogens with zero attached hydrogens (tertiary/aromatic N) is 4. The molecule has 6 nitrogen and oxygen atoms in total. The first kappa shape index (κ1) is 12.6. The predicted octanol–water partition coefficient (Wildman–Crippen LogP) is 0.775. The van der Waals surface area contributed by atoms with Crippen LogP contribution in [-0.4, -0.2) is 20.0 Å². The van der Waals surface area contributed by atoms with Gasteiger partial charge in [0.05, 0.1) is 11.9 Å². The van der Waals surface area contributed by atoms with Crippen LogP contribution >= 0.6 is 0 Å². The fourth-order valence-corrected chi connectivity index (χ4v) is 1.79. The molecule has 0 radical (unpaired) electrons. The van der Waals surface area contributed by atoms with Gasteiger partial charge in [-0.2, -0.15) is 0 Å². The van der Waals surface area contributed by atoms with E-state index in [1.807, 2.05) is 6.92 Å². The number of hydrazine groups is 1. The number of aromatic nitrogens is 4. The summed E-state index contributed by atoms with van der Waals surface area (Å²) in [6.07, 6.45) is 3.99. The van der Waals surface area contributed by atoms with Crippen molar-refractivity contribution in [1.29, 1.82) is 0 Å². The molecule has 18 heavy (non-hydrogen) atoms. The monoisotopic (exact) mass is 250 g/mol. The van der Waals surface area contributed by atoms with Crippen molar-refractivity contribution >= 4 is 0 Å². The molecular formula is C11H15FN6. The summed E-state index contributed by atoms with van der Waals surface area (Å²) in [4.78, 5) is 4.02. The van der Waals surface area contributed by atoms with Gasteiger partial charge in [0.15, 0.2) is 0 Å². The van der Waals surface area contributed by atoms with Gasteiger partial charge in [0.1, 0.15) is 17.6 Å². The molecule has 2 rings (SSSR count). The van der Waals surface area contributed by atoms with Crippen molar-refractivity contribution in [2.75, 3.05) is 0 Å². The summed E-state index contributed by atoms with van der Waals surface area (Å²) >= 11 is 0. The van der Waals surface area contributed by atoms with Gasteiger partial charge < -0.3 is 0 Å². The first-order valence-electron chi connectivity index (χ1n) is 5.72. The Bertz CT molecular complexity index is 512. The maximum absolute atomic E-state index is 13.7. The number of halogens is 1. The van der Waals surface area contributed by atoms with Gasteiger partial charge >= 0.3 is 0 Å². The van der Waals surface area contributed by atoms with Crippen LogP contribution < -0.4 is 11.3 Å². The molecule has 1 atom stereocenters. The third-order valence-electron chi connectivity index (χ3n) is 2.61. The van der Waals surface area contributed by atoms with E-state index < -0.39 is 11.9 Å². The lowest BCUT2D eigenvalue weighted by Gasteiger charge is -2.16. The lowest BCUT2D eigenvalue weighted by Crippen LogP contribution is -2.32. The molecule has 1 unspecified atom stereocenters. The van der Waals surface area contributed by atoms with Crippen LogP contribution in [0, 0.1) is 5.82 Å². The summed E-state index contributed by atoms with van der Waals surface area (Å²) in [6, 6.07) is 2.32. The van der Waals surface area contributed by atoms with E-state index in [-0.39, 0.29) is 5.69 Å². The van der Waals surface area contributed by atoms with E-state index in [0.29, 0.717) is 12.2 Å². The number of rotatable bonds is 5. The molecule has 0 bridgehead atoms. The summed E-state index contributed by atoms with van der Waals surface area (Å²) in [6.45, 7) is 2.72. The Hall–Kier alpha value is -1.86. The zero-order valence-electron chi connectivity index (χ0n) is 10.0. The molecule has 0 saturated carbocycles. The highest BCUT2D eigenvalue weighted by molar-refractivity contribution is 5.21. The number of nitrogens with two attached hydrogens (primary N) is 1. The summed E-state index contributed by atoms with van der Waals surface area (Å²) in [7, 11) is 0. The van der Waals surface area contributed by atoms with Gasteiger partial charge in [-0.15, -0.1) is 5.10 Å². The summed E-state index contributed by atoms with van der Waals surface area (Å²) in [5.41, 5.74) is 3.48. The van der Waals surface area contributed by atoms with E-state index in [2.05, 4.69) is 20.7 Å². The lowest BCUT2D eigenvalue weighted by molar-refractivity contribution is 0.487. The van der Waals surface area contributed by atoms with Crippen molar-refractivity contribution in [3.63, 3.8) is 0 Å². The number of hydrogen-bond donors (Lipinski definition) is 2. The van der Waals surface area contributed by atoms with Crippen molar-refractivity contribution in [2.24, 2.45) is 5.84 Å². The molecular weight excluding hydrogens is 235 g/mol. The minimum absolute atomic E-state index is 0.236. The van der Waals surface area contributed by atoms with Crippen LogP contribution in [0.15, 0.2) is 24.5 Å². The van der Waals surface area contributed by atoms with Crippen molar-refractivity contribution in [3.8, 4) is 0 Å². The van der Waals surface area contributed by atoms with E-state index in [1.165, 1.54) is 18.3 Å². The quantitative estimate of drug-likeness (QED) is 0.605. The first-order valence-corrected chi connectivity index (χ1v) is 5.72. The molecule has 7 heteroatoms. The van der Waals surface area contributed by atoms with Crippen molar-refractivity contribution in [1.82, 2.24) is 25.4 Å². The average Bonchev–Trinajstić information content (AvgIpc) is 2.82. The highest BCUT2D eigenvalue weighted by atomic mass is 19.1. The van der Waals surface area contributed by atoms with E-state index in [4.69, 9.17) is 5.84 Å². The highest BCUT2D eigenvalue weighted by Gasteiger charge is 2.21. The van der Waals surface area contributed by atoms with E-state index in [0.717, 1.165) is 6.42 Å². The molecule has 0 aliphatic rings. The fourth-order valence-electron chi connectivity index (χ4n) is 1.79. The van der Waals surface area contributed by atoms with Crippen LogP contribution in [0.2, 0.25) is 0 Å². The molecule has 2 aromatic rings. The molecule has 0 saturated heterocycles. The molecule has 0 aliphatic carbocycles. The van der Waals surface area contributed by atoms with Crippen LogP contribution in [0.25, 0.3) is 0 Å². The predicted molar refractivity (Wildman–Crippen MR) is 63.7 cm³/mol. The number of nitrogens with one attached hydrogen (secondary N) is 1. The Morgan fingerprint density at radius 1 is 1.56 bits per heavy atom. The molecule has 0 amide bonds. The fraction of sp³-hybridized carbons (Fsp3) is 0.364. The number of aryl methyl sites for hydroxylation is 1. The van der Waals surface area contributed by atoms with E-state index >= 15 is 0 Å². The molecule has 2 heterocycles. The van der Waals surface area contributed by atoms with Gasteiger partial charge in [-0.3, -0.25) is 10.8 Å². The zero-order chi connectivity index (χ0) is 13.0. The summed E-state index contributed by atoms with van der Waals surface area (Å²) < 4.78 is 15.4. The molecule has 0 fully saturated rings. The van der Waals surface area contributed by atoms with Gasteiger partial charge in [-0.25, -0.2) is 14.5 Å². The summed E-state index contributed by atoms with van der Waals surface area (Å²) in [5, 5.41) is 7.78. The molecule has 2 aromatic heterocycles. The van der Waals surface area contributed by atoms with Crippen molar-refractivity contribution in [3.05, 3.63) is 41.7 Å². The smallest absolute Gasteiger partial charge is 0.146 e. The normalized spacial score (nSPS) is 12.6. The maximum atomic E-state index is 13.7. The first-order chi connectivity index (χ1) is 8.77. The lowest BCUT2D eigenvalue weighted by atomic mass is 10.1. The van der Waals surface area contributed by atoms with Crippen LogP contribution in [-0.2, 0) is 6.54 Å². The van der Waals surface area contributed by atoms with E-state index in [9.17, 15) is 4.39 Å². The third kappa shape index (κ3) is 2.36. The second kappa shape index (κ2) is 5.65. The highest BCUT2D eigenvalue weighted by Crippen LogP contribution is 2.20. The van der Waals surface area contributed by atoms with Crippen LogP contribution in [0.3, 0.4) is 0 Å². The molecule has 96 valence electrons. The minimum Gasteiger partial charge on any atom is -0.270 e. The minimum atomic E-state index is -0.562. The molecule has 0 aliphatic heterocycles. The number of hydrogen-bond acceptors (Lipinski definition) is 5. The van der Waals surface area contributed by atoms with Crippen LogP contribution in [0.4, 0.5) is 4.39 Å². The average molecular weight is 250 g/mol. The van der Waals surface area contributed by atoms with Gasteiger partial charge in [0, 0.05) is 12.7 Å². The van der Waals surface area contributed by atoms with E-state index in [1.54, 1.807) is 10.9 Å². The largest absolute Gasteiger partial charge is 0.270 e. The molecule has 0 spiro atoms. The van der Waals surface area contributed by atoms with Gasteiger partial charge in [0.25, 0.3) is 0 Å².